The predicted octanol–water partition coefficient (Wildman–Crippen LogP) is 9.80. The first-order valence-electron chi connectivity index (χ1n) is 14.5. The average Bonchev–Trinajstić information content (AvgIpc) is 3.69. The number of nitrogens with zero attached hydrogens (tertiary/aromatic N) is 3. The molecule has 3 heterocycles. The van der Waals surface area contributed by atoms with Gasteiger partial charge >= 0.3 is 0 Å². The highest BCUT2D eigenvalue weighted by Crippen LogP contribution is 2.35. The molecule has 5 aromatic carbocycles. The fraction of sp³-hybridized carbons (Fsp3) is 0.0526. The SMILES string of the molecule is O=C(Cc1nc2c(Cc3ccccc3-c3nccc4ccccc34)cccc2s1)c1ccccc1-c1nc2ccccc2s1. The zero-order valence-electron chi connectivity index (χ0n) is 23.6. The van der Waals surface area contributed by atoms with Crippen molar-refractivity contribution in [3.05, 3.63) is 149 Å². The first kappa shape index (κ1) is 26.6. The van der Waals surface area contributed by atoms with Gasteiger partial charge in [0.1, 0.15) is 10.0 Å². The molecule has 8 aromatic rings. The number of hydrogen-bond acceptors (Lipinski definition) is 6. The van der Waals surface area contributed by atoms with Gasteiger partial charge in [-0.1, -0.05) is 97.1 Å². The molecule has 0 spiro atoms. The number of ketones is 1. The number of carbonyl (C=O) groups excluding carboxylic acids is 1. The maximum absolute atomic E-state index is 13.7. The smallest absolute Gasteiger partial charge is 0.170 e. The molecule has 0 fully saturated rings. The minimum atomic E-state index is 0.0489. The molecule has 0 saturated carbocycles. The van der Waals surface area contributed by atoms with E-state index in [1.807, 2.05) is 48.7 Å². The number of fused-ring (bicyclic) bond motifs is 3. The lowest BCUT2D eigenvalue weighted by atomic mass is 9.95. The first-order chi connectivity index (χ1) is 21.7. The molecule has 0 aliphatic heterocycles. The number of thiazole rings is 2. The molecule has 3 aromatic heterocycles. The van der Waals surface area contributed by atoms with Gasteiger partial charge in [-0.3, -0.25) is 9.78 Å². The van der Waals surface area contributed by atoms with E-state index in [-0.39, 0.29) is 12.2 Å². The molecule has 0 aliphatic rings. The van der Waals surface area contributed by atoms with Crippen LogP contribution in [-0.2, 0) is 12.8 Å². The van der Waals surface area contributed by atoms with Crippen LogP contribution in [-0.4, -0.2) is 20.7 Å². The molecular weight excluding hydrogens is 579 g/mol. The number of Topliss-reactive ketones (excluding diaryl/α,β-unsaturated/α-hetero) is 1. The number of aromatic nitrogens is 3. The number of carbonyl (C=O) groups is 1. The lowest BCUT2D eigenvalue weighted by Crippen LogP contribution is -2.05. The van der Waals surface area contributed by atoms with Crippen molar-refractivity contribution in [1.29, 1.82) is 0 Å². The van der Waals surface area contributed by atoms with Crippen molar-refractivity contribution in [2.75, 3.05) is 0 Å². The lowest BCUT2D eigenvalue weighted by molar-refractivity contribution is 0.0993. The Morgan fingerprint density at radius 1 is 0.636 bits per heavy atom. The van der Waals surface area contributed by atoms with Crippen LogP contribution in [0.4, 0.5) is 0 Å². The van der Waals surface area contributed by atoms with Gasteiger partial charge in [-0.05, 0) is 40.8 Å². The molecule has 0 bridgehead atoms. The maximum atomic E-state index is 13.7. The zero-order valence-corrected chi connectivity index (χ0v) is 25.2. The summed E-state index contributed by atoms with van der Waals surface area (Å²) < 4.78 is 2.20. The van der Waals surface area contributed by atoms with Gasteiger partial charge in [0.2, 0.25) is 0 Å². The van der Waals surface area contributed by atoms with E-state index in [0.29, 0.717) is 5.56 Å². The second kappa shape index (κ2) is 11.2. The van der Waals surface area contributed by atoms with Gasteiger partial charge < -0.3 is 0 Å². The van der Waals surface area contributed by atoms with Gasteiger partial charge in [-0.25, -0.2) is 9.97 Å². The van der Waals surface area contributed by atoms with Crippen LogP contribution in [0.1, 0.15) is 26.5 Å². The summed E-state index contributed by atoms with van der Waals surface area (Å²) in [4.78, 5) is 28.4. The van der Waals surface area contributed by atoms with Gasteiger partial charge in [0.25, 0.3) is 0 Å². The average molecular weight is 604 g/mol. The normalized spacial score (nSPS) is 11.5. The second-order valence-corrected chi connectivity index (χ2v) is 12.9. The molecule has 0 saturated heterocycles. The summed E-state index contributed by atoms with van der Waals surface area (Å²) >= 11 is 3.21. The Balaban J connectivity index is 1.11. The van der Waals surface area contributed by atoms with Crippen molar-refractivity contribution in [2.45, 2.75) is 12.8 Å². The van der Waals surface area contributed by atoms with Crippen LogP contribution >= 0.6 is 22.7 Å². The van der Waals surface area contributed by atoms with Crippen LogP contribution in [0.5, 0.6) is 0 Å². The summed E-state index contributed by atoms with van der Waals surface area (Å²) in [5, 5.41) is 4.00. The maximum Gasteiger partial charge on any atom is 0.170 e. The standard InChI is InChI=1S/C38H25N3OS2/c42-32(29-15-5-6-16-30(29)38-40-31-17-7-8-18-33(31)44-38)23-35-41-36-26(12-9-19-34(36)43-35)22-25-11-2-4-14-28(25)37-27-13-3-1-10-24(27)20-21-39-37/h1-21H,22-23H2. The van der Waals surface area contributed by atoms with Crippen molar-refractivity contribution in [2.24, 2.45) is 0 Å². The molecule has 0 radical (unpaired) electrons. The highest BCUT2D eigenvalue weighted by Gasteiger charge is 2.19. The highest BCUT2D eigenvalue weighted by molar-refractivity contribution is 7.21. The molecule has 6 heteroatoms. The third kappa shape index (κ3) is 4.88. The van der Waals surface area contributed by atoms with Crippen molar-refractivity contribution in [1.82, 2.24) is 15.0 Å². The number of para-hydroxylation sites is 2. The topological polar surface area (TPSA) is 55.7 Å². The first-order valence-corrected chi connectivity index (χ1v) is 16.1. The Hall–Kier alpha value is -5.04. The largest absolute Gasteiger partial charge is 0.294 e. The zero-order chi connectivity index (χ0) is 29.5. The second-order valence-electron chi connectivity index (χ2n) is 10.7. The van der Waals surface area contributed by atoms with Crippen LogP contribution < -0.4 is 0 Å². The lowest BCUT2D eigenvalue weighted by Gasteiger charge is -2.12. The molecule has 4 nitrogen and oxygen atoms in total. The van der Waals surface area contributed by atoms with Crippen molar-refractivity contribution < 1.29 is 4.79 Å². The molecule has 0 atom stereocenters. The van der Waals surface area contributed by atoms with Crippen LogP contribution in [0, 0.1) is 0 Å². The Kier molecular flexibility index (Phi) is 6.78. The van der Waals surface area contributed by atoms with Crippen molar-refractivity contribution >= 4 is 59.7 Å². The summed E-state index contributed by atoms with van der Waals surface area (Å²) in [7, 11) is 0. The Morgan fingerprint density at radius 3 is 2.32 bits per heavy atom. The van der Waals surface area contributed by atoms with E-state index in [1.54, 1.807) is 22.7 Å². The van der Waals surface area contributed by atoms with E-state index in [4.69, 9.17) is 15.0 Å². The van der Waals surface area contributed by atoms with E-state index in [9.17, 15) is 4.79 Å². The minimum absolute atomic E-state index is 0.0489. The predicted molar refractivity (Wildman–Crippen MR) is 183 cm³/mol. The van der Waals surface area contributed by atoms with Crippen LogP contribution in [0.2, 0.25) is 0 Å². The third-order valence-corrected chi connectivity index (χ3v) is 10.0. The quantitative estimate of drug-likeness (QED) is 0.170. The van der Waals surface area contributed by atoms with Crippen LogP contribution in [0.3, 0.4) is 0 Å². The monoisotopic (exact) mass is 603 g/mol. The van der Waals surface area contributed by atoms with Gasteiger partial charge in [-0.15, -0.1) is 22.7 Å². The summed E-state index contributed by atoms with van der Waals surface area (Å²) in [5.41, 5.74) is 7.91. The number of pyridine rings is 1. The number of hydrogen-bond donors (Lipinski definition) is 0. The highest BCUT2D eigenvalue weighted by atomic mass is 32.1. The van der Waals surface area contributed by atoms with E-state index in [0.717, 1.165) is 64.6 Å². The van der Waals surface area contributed by atoms with E-state index in [1.165, 1.54) is 10.9 Å². The minimum Gasteiger partial charge on any atom is -0.294 e. The molecule has 0 unspecified atom stereocenters. The molecule has 8 rings (SSSR count). The van der Waals surface area contributed by atoms with Crippen molar-refractivity contribution in [3.8, 4) is 21.8 Å². The fourth-order valence-electron chi connectivity index (χ4n) is 5.85. The fourth-order valence-corrected chi connectivity index (χ4v) is 7.87. The van der Waals surface area contributed by atoms with Crippen LogP contribution in [0.15, 0.2) is 128 Å². The third-order valence-electron chi connectivity index (χ3n) is 7.94. The number of benzene rings is 5. The van der Waals surface area contributed by atoms with E-state index < -0.39 is 0 Å². The molecule has 0 amide bonds. The van der Waals surface area contributed by atoms with Gasteiger partial charge in [-0.2, -0.15) is 0 Å². The Labute approximate surface area is 262 Å². The van der Waals surface area contributed by atoms with E-state index >= 15 is 0 Å². The van der Waals surface area contributed by atoms with Crippen molar-refractivity contribution in [3.63, 3.8) is 0 Å². The Bertz CT molecular complexity index is 2300. The molecular formula is C38H25N3OS2. The van der Waals surface area contributed by atoms with Gasteiger partial charge in [0.15, 0.2) is 5.78 Å². The Morgan fingerprint density at radius 2 is 1.39 bits per heavy atom. The molecule has 210 valence electrons. The van der Waals surface area contributed by atoms with Gasteiger partial charge in [0.05, 0.1) is 32.5 Å². The summed E-state index contributed by atoms with van der Waals surface area (Å²) in [6.45, 7) is 0. The van der Waals surface area contributed by atoms with Gasteiger partial charge in [0, 0.05) is 34.7 Å². The molecule has 44 heavy (non-hydrogen) atoms. The summed E-state index contributed by atoms with van der Waals surface area (Å²) in [5.74, 6) is 0.0489. The summed E-state index contributed by atoms with van der Waals surface area (Å²) in [6.07, 6.45) is 2.85. The van der Waals surface area contributed by atoms with E-state index in [2.05, 4.69) is 78.9 Å². The number of rotatable bonds is 7. The summed E-state index contributed by atoms with van der Waals surface area (Å²) in [6, 6.07) is 41.1. The molecule has 0 aliphatic carbocycles. The molecule has 0 N–H and O–H groups in total. The van der Waals surface area contributed by atoms with Crippen LogP contribution in [0.25, 0.3) is 53.0 Å².